The van der Waals surface area contributed by atoms with Crippen molar-refractivity contribution in [3.05, 3.63) is 71.7 Å². The topological polar surface area (TPSA) is 63.1 Å². The van der Waals surface area contributed by atoms with Crippen molar-refractivity contribution in [1.82, 2.24) is 20.7 Å². The Balaban J connectivity index is 1.45. The highest BCUT2D eigenvalue weighted by atomic mass is 19.1. The SMILES string of the molecule is C=C(F)N=C/C=C\Cc1ccc([C@H]2C=C3N[C@@H]([C@H](O)N4CCCCCC4C)C[C@@H](CC)N3N2)c(F)c1. The Bertz CT molecular complexity index is 1010. The quantitative estimate of drug-likeness (QED) is 0.352. The summed E-state index contributed by atoms with van der Waals surface area (Å²) in [6.45, 7) is 8.35. The van der Waals surface area contributed by atoms with Gasteiger partial charge >= 0.3 is 0 Å². The molecule has 0 aromatic heterocycles. The first-order chi connectivity index (χ1) is 17.4. The predicted octanol–water partition coefficient (Wildman–Crippen LogP) is 4.86. The summed E-state index contributed by atoms with van der Waals surface area (Å²) in [6, 6.07) is 5.47. The smallest absolute Gasteiger partial charge is 0.205 e. The number of fused-ring (bicyclic) bond motifs is 1. The number of nitrogens with one attached hydrogen (secondary N) is 2. The van der Waals surface area contributed by atoms with E-state index in [2.05, 4.69) is 46.1 Å². The molecule has 6 nitrogen and oxygen atoms in total. The minimum absolute atomic E-state index is 0.0735. The molecule has 2 saturated heterocycles. The average molecular weight is 500 g/mol. The fraction of sp³-hybridized carbons (Fsp3) is 0.536. The molecule has 1 aromatic rings. The molecule has 196 valence electrons. The number of allylic oxidation sites excluding steroid dienone is 2. The number of rotatable bonds is 8. The van der Waals surface area contributed by atoms with Crippen LogP contribution in [0, 0.1) is 5.82 Å². The Morgan fingerprint density at radius 1 is 1.33 bits per heavy atom. The molecule has 2 fully saturated rings. The summed E-state index contributed by atoms with van der Waals surface area (Å²) in [7, 11) is 0. The predicted molar refractivity (Wildman–Crippen MR) is 140 cm³/mol. The normalized spacial score (nSPS) is 28.1. The van der Waals surface area contributed by atoms with Crippen molar-refractivity contribution in [2.45, 2.75) is 89.2 Å². The maximum atomic E-state index is 15.1. The Kier molecular flexibility index (Phi) is 8.93. The van der Waals surface area contributed by atoms with E-state index in [4.69, 9.17) is 0 Å². The second-order valence-corrected chi connectivity index (χ2v) is 10.1. The first-order valence-electron chi connectivity index (χ1n) is 13.2. The Hall–Kier alpha value is -2.55. The molecule has 1 aromatic carbocycles. The third-order valence-corrected chi connectivity index (χ3v) is 7.55. The highest BCUT2D eigenvalue weighted by molar-refractivity contribution is 5.71. The van der Waals surface area contributed by atoms with Gasteiger partial charge in [0, 0.05) is 30.4 Å². The third-order valence-electron chi connectivity index (χ3n) is 7.55. The van der Waals surface area contributed by atoms with Gasteiger partial charge in [0.05, 0.1) is 12.1 Å². The fourth-order valence-corrected chi connectivity index (χ4v) is 5.53. The van der Waals surface area contributed by atoms with E-state index < -0.39 is 12.2 Å². The Morgan fingerprint density at radius 2 is 2.17 bits per heavy atom. The van der Waals surface area contributed by atoms with Gasteiger partial charge in [-0.1, -0.05) is 38.0 Å². The zero-order valence-electron chi connectivity index (χ0n) is 21.3. The van der Waals surface area contributed by atoms with E-state index in [1.54, 1.807) is 18.2 Å². The number of nitrogens with zero attached hydrogens (tertiary/aromatic N) is 3. The molecule has 8 heteroatoms. The summed E-state index contributed by atoms with van der Waals surface area (Å²) >= 11 is 0. The van der Waals surface area contributed by atoms with Crippen molar-refractivity contribution in [2.75, 3.05) is 6.54 Å². The summed E-state index contributed by atoms with van der Waals surface area (Å²) in [6.07, 6.45) is 13.1. The minimum Gasteiger partial charge on any atom is -0.376 e. The van der Waals surface area contributed by atoms with Gasteiger partial charge in [-0.15, -0.1) is 0 Å². The molecular formula is C28H39F2N5O. The lowest BCUT2D eigenvalue weighted by Crippen LogP contribution is -2.61. The van der Waals surface area contributed by atoms with Crippen molar-refractivity contribution in [2.24, 2.45) is 4.99 Å². The molecule has 1 unspecified atom stereocenters. The van der Waals surface area contributed by atoms with E-state index in [0.717, 1.165) is 43.6 Å². The van der Waals surface area contributed by atoms with Crippen LogP contribution in [0.25, 0.3) is 0 Å². The van der Waals surface area contributed by atoms with Gasteiger partial charge in [-0.3, -0.25) is 9.91 Å². The van der Waals surface area contributed by atoms with Crippen molar-refractivity contribution >= 4 is 6.21 Å². The second-order valence-electron chi connectivity index (χ2n) is 10.1. The maximum Gasteiger partial charge on any atom is 0.205 e. The van der Waals surface area contributed by atoms with E-state index in [1.807, 2.05) is 18.2 Å². The monoisotopic (exact) mass is 499 g/mol. The van der Waals surface area contributed by atoms with Crippen LogP contribution in [0.4, 0.5) is 8.78 Å². The lowest BCUT2D eigenvalue weighted by atomic mass is 9.98. The van der Waals surface area contributed by atoms with Gasteiger partial charge in [0.15, 0.2) is 0 Å². The number of benzene rings is 1. The summed E-state index contributed by atoms with van der Waals surface area (Å²) in [5.41, 5.74) is 4.87. The molecule has 5 atom stereocenters. The molecule has 0 radical (unpaired) electrons. The van der Waals surface area contributed by atoms with E-state index in [-0.39, 0.29) is 23.9 Å². The highest BCUT2D eigenvalue weighted by Crippen LogP contribution is 2.33. The minimum atomic E-state index is -0.748. The van der Waals surface area contributed by atoms with Crippen LogP contribution in [0.2, 0.25) is 0 Å². The number of hydrogen-bond acceptors (Lipinski definition) is 6. The van der Waals surface area contributed by atoms with Gasteiger partial charge in [-0.2, -0.15) is 4.39 Å². The summed E-state index contributed by atoms with van der Waals surface area (Å²) < 4.78 is 27.6. The first-order valence-corrected chi connectivity index (χ1v) is 13.2. The van der Waals surface area contributed by atoms with Crippen LogP contribution < -0.4 is 10.7 Å². The van der Waals surface area contributed by atoms with Gasteiger partial charge < -0.3 is 10.4 Å². The number of aliphatic imine (C=N–C) groups is 1. The van der Waals surface area contributed by atoms with Crippen LogP contribution >= 0.6 is 0 Å². The second kappa shape index (κ2) is 12.1. The molecule has 3 heterocycles. The van der Waals surface area contributed by atoms with Crippen LogP contribution in [-0.2, 0) is 6.42 Å². The van der Waals surface area contributed by atoms with Crippen molar-refractivity contribution in [3.8, 4) is 0 Å². The van der Waals surface area contributed by atoms with Gasteiger partial charge in [0.25, 0.3) is 0 Å². The Morgan fingerprint density at radius 3 is 2.92 bits per heavy atom. The molecule has 3 aliphatic rings. The zero-order chi connectivity index (χ0) is 25.7. The molecule has 4 rings (SSSR count). The molecule has 0 amide bonds. The number of aliphatic hydroxyl groups is 1. The number of hydrazine groups is 1. The molecular weight excluding hydrogens is 460 g/mol. The van der Waals surface area contributed by atoms with Crippen LogP contribution in [0.3, 0.4) is 0 Å². The molecule has 36 heavy (non-hydrogen) atoms. The summed E-state index contributed by atoms with van der Waals surface area (Å²) in [5.74, 6) is -0.115. The van der Waals surface area contributed by atoms with Gasteiger partial charge in [0.2, 0.25) is 5.95 Å². The first kappa shape index (κ1) is 26.5. The highest BCUT2D eigenvalue weighted by Gasteiger charge is 2.40. The van der Waals surface area contributed by atoms with Crippen LogP contribution in [0.1, 0.15) is 69.5 Å². The number of hydrogen-bond donors (Lipinski definition) is 3. The van der Waals surface area contributed by atoms with E-state index in [1.165, 1.54) is 19.1 Å². The molecule has 0 aliphatic carbocycles. The molecule has 0 saturated carbocycles. The van der Waals surface area contributed by atoms with Crippen molar-refractivity contribution < 1.29 is 13.9 Å². The van der Waals surface area contributed by atoms with Crippen LogP contribution in [-0.4, -0.2) is 52.1 Å². The fourth-order valence-electron chi connectivity index (χ4n) is 5.53. The van der Waals surface area contributed by atoms with E-state index >= 15 is 4.39 Å². The standard InChI is InChI=1S/C28H39F2N5O/c1-4-22-17-26(28(36)34-15-9-5-6-10-19(34)2)32-27-18-25(33-35(22)27)23-13-12-21(16-24(23)30)11-7-8-14-31-20(3)29/h7-8,12-14,16,18-19,22,25-26,28,32-33,36H,3-6,9-11,15,17H2,1-2H3/b8-7-,31-14?/t19?,22-,25-,26-,28+/m1/s1. The summed E-state index contributed by atoms with van der Waals surface area (Å²) in [4.78, 5) is 5.70. The lowest BCUT2D eigenvalue weighted by Gasteiger charge is -2.45. The number of likely N-dealkylation sites (tertiary alicyclic amines) is 1. The molecule has 3 aliphatic heterocycles. The van der Waals surface area contributed by atoms with Gasteiger partial charge in [-0.25, -0.2) is 14.8 Å². The van der Waals surface area contributed by atoms with Crippen LogP contribution in [0.15, 0.2) is 59.8 Å². The molecule has 0 bridgehead atoms. The molecule has 3 N–H and O–H groups in total. The van der Waals surface area contributed by atoms with Gasteiger partial charge in [0.1, 0.15) is 17.9 Å². The lowest BCUT2D eigenvalue weighted by molar-refractivity contribution is -0.0605. The largest absolute Gasteiger partial charge is 0.376 e. The third kappa shape index (κ3) is 6.22. The maximum absolute atomic E-state index is 15.1. The van der Waals surface area contributed by atoms with Crippen molar-refractivity contribution in [1.29, 1.82) is 0 Å². The van der Waals surface area contributed by atoms with Gasteiger partial charge in [-0.05, 0) is 69.4 Å². The Labute approximate surface area is 213 Å². The van der Waals surface area contributed by atoms with Crippen molar-refractivity contribution in [3.63, 3.8) is 0 Å². The molecule has 0 spiro atoms. The number of halogens is 2. The number of aliphatic hydroxyl groups excluding tert-OH is 1. The summed E-state index contributed by atoms with van der Waals surface area (Å²) in [5, 5.41) is 17.0. The average Bonchev–Trinajstić information content (AvgIpc) is 3.16. The zero-order valence-corrected chi connectivity index (χ0v) is 21.3. The van der Waals surface area contributed by atoms with Crippen LogP contribution in [0.5, 0.6) is 0 Å². The van der Waals surface area contributed by atoms with E-state index in [0.29, 0.717) is 18.0 Å². The van der Waals surface area contributed by atoms with E-state index in [9.17, 15) is 9.50 Å².